The van der Waals surface area contributed by atoms with E-state index in [1.165, 1.54) is 12.1 Å². The predicted octanol–water partition coefficient (Wildman–Crippen LogP) is 4.17. The summed E-state index contributed by atoms with van der Waals surface area (Å²) in [6.45, 7) is 6.96. The van der Waals surface area contributed by atoms with Crippen molar-refractivity contribution >= 4 is 11.4 Å². The Hall–Kier alpha value is -3.33. The van der Waals surface area contributed by atoms with Crippen molar-refractivity contribution in [2.75, 3.05) is 55.7 Å². The fourth-order valence-corrected chi connectivity index (χ4v) is 4.67. The lowest BCUT2D eigenvalue weighted by Crippen LogP contribution is -2.43. The van der Waals surface area contributed by atoms with Gasteiger partial charge < -0.3 is 19.9 Å². The van der Waals surface area contributed by atoms with Gasteiger partial charge in [0.1, 0.15) is 23.9 Å². The van der Waals surface area contributed by atoms with Crippen molar-refractivity contribution in [3.8, 4) is 17.0 Å². The van der Waals surface area contributed by atoms with Gasteiger partial charge in [-0.15, -0.1) is 0 Å². The Bertz CT molecular complexity index is 1220. The quantitative estimate of drug-likeness (QED) is 0.568. The molecule has 0 unspecified atom stereocenters. The Labute approximate surface area is 202 Å². The molecule has 5 rings (SSSR count). The lowest BCUT2D eigenvalue weighted by molar-refractivity contribution is 0.291. The summed E-state index contributed by atoms with van der Waals surface area (Å²) in [6, 6.07) is 8.03. The van der Waals surface area contributed by atoms with Crippen LogP contribution in [0.4, 0.5) is 24.5 Å². The summed E-state index contributed by atoms with van der Waals surface area (Å²) in [5, 5.41) is 3.26. The smallest absolute Gasteiger partial charge is 0.178 e. The van der Waals surface area contributed by atoms with Crippen LogP contribution in [0, 0.1) is 17.5 Å². The lowest BCUT2D eigenvalue weighted by atomic mass is 10.1. The molecule has 0 saturated carbocycles. The van der Waals surface area contributed by atoms with E-state index in [1.807, 2.05) is 22.8 Å². The molecule has 1 fully saturated rings. The molecule has 0 atom stereocenters. The molecule has 3 heterocycles. The van der Waals surface area contributed by atoms with Crippen molar-refractivity contribution in [2.45, 2.75) is 19.8 Å². The maximum atomic E-state index is 14.9. The third-order valence-electron chi connectivity index (χ3n) is 6.37. The van der Waals surface area contributed by atoms with E-state index in [0.717, 1.165) is 45.3 Å². The Morgan fingerprint density at radius 2 is 1.80 bits per heavy atom. The van der Waals surface area contributed by atoms with Crippen LogP contribution >= 0.6 is 0 Å². The van der Waals surface area contributed by atoms with Crippen molar-refractivity contribution in [1.29, 1.82) is 0 Å². The molecule has 0 radical (unpaired) electrons. The Morgan fingerprint density at radius 3 is 2.57 bits per heavy atom. The number of halogens is 3. The number of nitrogens with zero attached hydrogens (tertiary/aromatic N) is 4. The van der Waals surface area contributed by atoms with Crippen LogP contribution in [0.15, 0.2) is 36.5 Å². The molecular weight excluding hydrogens is 455 g/mol. The highest BCUT2D eigenvalue weighted by Crippen LogP contribution is 2.38. The highest BCUT2D eigenvalue weighted by molar-refractivity contribution is 5.72. The molecule has 0 bridgehead atoms. The summed E-state index contributed by atoms with van der Waals surface area (Å²) in [4.78, 5) is 12.5. The molecule has 2 aliphatic rings. The highest BCUT2D eigenvalue weighted by atomic mass is 19.1. The summed E-state index contributed by atoms with van der Waals surface area (Å²) in [5.74, 6) is -0.992. The maximum Gasteiger partial charge on any atom is 0.178 e. The van der Waals surface area contributed by atoms with E-state index in [4.69, 9.17) is 4.74 Å². The molecular formula is C26H28F3N5O. The standard InChI is InChI=1S/C26H28F3N5O/c1-2-7-33-10-11-35-26-20(28)14-18(15-23(26)33)25-21(29)16-31-24(32-25)13-17-3-4-22(19(27)12-17)34-8-5-30-6-9-34/h3-4,12,14-16,30H,2,5-11,13H2,1H3. The number of anilines is 2. The van der Waals surface area contributed by atoms with Crippen molar-refractivity contribution in [3.63, 3.8) is 0 Å². The van der Waals surface area contributed by atoms with Crippen LogP contribution in [0.3, 0.4) is 0 Å². The van der Waals surface area contributed by atoms with Gasteiger partial charge in [-0.25, -0.2) is 23.1 Å². The van der Waals surface area contributed by atoms with Crippen LogP contribution in [-0.4, -0.2) is 55.8 Å². The molecule has 184 valence electrons. The second-order valence-electron chi connectivity index (χ2n) is 8.82. The minimum absolute atomic E-state index is 0.0108. The third-order valence-corrected chi connectivity index (χ3v) is 6.37. The first kappa shape index (κ1) is 23.4. The molecule has 0 spiro atoms. The number of piperazine rings is 1. The minimum atomic E-state index is -0.646. The van der Waals surface area contributed by atoms with Gasteiger partial charge in [-0.05, 0) is 36.2 Å². The van der Waals surface area contributed by atoms with Crippen LogP contribution in [0.25, 0.3) is 11.3 Å². The van der Waals surface area contributed by atoms with Gasteiger partial charge in [0.15, 0.2) is 17.4 Å². The lowest BCUT2D eigenvalue weighted by Gasteiger charge is -2.31. The molecule has 1 aromatic heterocycles. The van der Waals surface area contributed by atoms with E-state index in [9.17, 15) is 13.2 Å². The first-order chi connectivity index (χ1) is 17.0. The second-order valence-corrected chi connectivity index (χ2v) is 8.82. The van der Waals surface area contributed by atoms with Crippen molar-refractivity contribution in [3.05, 3.63) is 65.4 Å². The van der Waals surface area contributed by atoms with E-state index in [2.05, 4.69) is 15.3 Å². The number of benzene rings is 2. The van der Waals surface area contributed by atoms with Crippen molar-refractivity contribution in [1.82, 2.24) is 15.3 Å². The molecule has 2 aliphatic heterocycles. The molecule has 9 heteroatoms. The second kappa shape index (κ2) is 10.1. The topological polar surface area (TPSA) is 53.5 Å². The molecule has 1 N–H and O–H groups in total. The Balaban J connectivity index is 1.42. The maximum absolute atomic E-state index is 14.9. The van der Waals surface area contributed by atoms with Crippen LogP contribution in [0.5, 0.6) is 5.75 Å². The Kier molecular flexibility index (Phi) is 6.77. The van der Waals surface area contributed by atoms with E-state index < -0.39 is 11.6 Å². The van der Waals surface area contributed by atoms with Gasteiger partial charge >= 0.3 is 0 Å². The number of rotatable bonds is 6. The summed E-state index contributed by atoms with van der Waals surface area (Å²) >= 11 is 0. The number of fused-ring (bicyclic) bond motifs is 1. The SMILES string of the molecule is CCCN1CCOc2c(F)cc(-c3nc(Cc4ccc(N5CCNCC5)c(F)c4)ncc3F)cc21. The first-order valence-corrected chi connectivity index (χ1v) is 12.0. The minimum Gasteiger partial charge on any atom is -0.486 e. The van der Waals surface area contributed by atoms with Gasteiger partial charge in [-0.1, -0.05) is 13.0 Å². The van der Waals surface area contributed by atoms with Crippen LogP contribution < -0.4 is 19.9 Å². The van der Waals surface area contributed by atoms with Gasteiger partial charge in [-0.3, -0.25) is 0 Å². The largest absolute Gasteiger partial charge is 0.486 e. The third kappa shape index (κ3) is 4.91. The van der Waals surface area contributed by atoms with E-state index >= 15 is 0 Å². The summed E-state index contributed by atoms with van der Waals surface area (Å²) in [7, 11) is 0. The van der Waals surface area contributed by atoms with E-state index in [1.54, 1.807) is 12.1 Å². The molecule has 0 aliphatic carbocycles. The van der Waals surface area contributed by atoms with Crippen LogP contribution in [0.2, 0.25) is 0 Å². The summed E-state index contributed by atoms with van der Waals surface area (Å²) in [6.07, 6.45) is 2.20. The van der Waals surface area contributed by atoms with Crippen molar-refractivity contribution in [2.24, 2.45) is 0 Å². The predicted molar refractivity (Wildman–Crippen MR) is 130 cm³/mol. The fourth-order valence-electron chi connectivity index (χ4n) is 4.67. The zero-order valence-corrected chi connectivity index (χ0v) is 19.7. The zero-order valence-electron chi connectivity index (χ0n) is 19.7. The number of aromatic nitrogens is 2. The zero-order chi connectivity index (χ0) is 24.4. The number of nitrogens with one attached hydrogen (secondary N) is 1. The van der Waals surface area contributed by atoms with Gasteiger partial charge in [-0.2, -0.15) is 0 Å². The van der Waals surface area contributed by atoms with E-state index in [0.29, 0.717) is 41.5 Å². The summed E-state index contributed by atoms with van der Waals surface area (Å²) in [5.41, 5.74) is 2.17. The van der Waals surface area contributed by atoms with Gasteiger partial charge in [0.05, 0.1) is 24.1 Å². The first-order valence-electron chi connectivity index (χ1n) is 12.0. The van der Waals surface area contributed by atoms with Crippen molar-refractivity contribution < 1.29 is 17.9 Å². The van der Waals surface area contributed by atoms with E-state index in [-0.39, 0.29) is 23.7 Å². The molecule has 35 heavy (non-hydrogen) atoms. The number of hydrogen-bond acceptors (Lipinski definition) is 6. The number of ether oxygens (including phenoxy) is 1. The molecule has 0 amide bonds. The average Bonchev–Trinajstić information content (AvgIpc) is 2.86. The van der Waals surface area contributed by atoms with Crippen LogP contribution in [-0.2, 0) is 6.42 Å². The molecule has 6 nitrogen and oxygen atoms in total. The van der Waals surface area contributed by atoms with Gasteiger partial charge in [0, 0.05) is 44.7 Å². The Morgan fingerprint density at radius 1 is 0.971 bits per heavy atom. The fraction of sp³-hybridized carbons (Fsp3) is 0.385. The average molecular weight is 484 g/mol. The molecule has 2 aromatic carbocycles. The molecule has 3 aromatic rings. The normalized spacial score (nSPS) is 15.7. The van der Waals surface area contributed by atoms with Gasteiger partial charge in [0.25, 0.3) is 0 Å². The summed E-state index contributed by atoms with van der Waals surface area (Å²) < 4.78 is 50.0. The monoisotopic (exact) mass is 483 g/mol. The van der Waals surface area contributed by atoms with Crippen LogP contribution in [0.1, 0.15) is 24.7 Å². The highest BCUT2D eigenvalue weighted by Gasteiger charge is 2.24. The van der Waals surface area contributed by atoms with Gasteiger partial charge in [0.2, 0.25) is 0 Å². The number of hydrogen-bond donors (Lipinski definition) is 1. The molecule has 1 saturated heterocycles.